The lowest BCUT2D eigenvalue weighted by Crippen LogP contribution is -2.26. The van der Waals surface area contributed by atoms with Crippen LogP contribution in [0.2, 0.25) is 10.0 Å². The number of anilines is 1. The van der Waals surface area contributed by atoms with Gasteiger partial charge in [0.1, 0.15) is 21.9 Å². The Morgan fingerprint density at radius 1 is 0.980 bits per heavy atom. The molecule has 2 fully saturated rings. The molecule has 1 aromatic heterocycles. The average Bonchev–Trinajstić information content (AvgIpc) is 3.96. The quantitative estimate of drug-likeness (QED) is 0.0913. The fourth-order valence-corrected chi connectivity index (χ4v) is 6.54. The molecule has 0 spiro atoms. The molecule has 1 N–H and O–H groups in total. The number of alkyl halides is 2. The first-order valence-corrected chi connectivity index (χ1v) is 18.1. The maximum atomic E-state index is 13.7. The van der Waals surface area contributed by atoms with Crippen molar-refractivity contribution in [3.05, 3.63) is 80.7 Å². The molecule has 0 aliphatic heterocycles. The standard InChI is InChI=1S/C33H37Cl2F2N3O8S/c1-39(2)11-12-49(43,44)38-27-9-7-23(14-30(27)45-18-20-3-4-20)32(41)47-29(15-24-25(34)16-40(42)17-26(24)35)22-8-10-28(48-33(36)37)31(13-22)46-19-21-5-6-21/h7-10,13-14,16-17,20-21,29,33,38H,3-6,11-12,15,18-19H2,1-2H3/t29-/m0/s1. The number of carbonyl (C=O) groups is 1. The van der Waals surface area contributed by atoms with Gasteiger partial charge in [-0.05, 0) is 87.5 Å². The van der Waals surface area contributed by atoms with Crippen LogP contribution in [0.1, 0.15) is 53.3 Å². The van der Waals surface area contributed by atoms with Crippen LogP contribution >= 0.6 is 23.2 Å². The summed E-state index contributed by atoms with van der Waals surface area (Å²) in [6, 6.07) is 8.43. The van der Waals surface area contributed by atoms with Crippen LogP contribution in [0.3, 0.4) is 0 Å². The first-order valence-electron chi connectivity index (χ1n) is 15.7. The highest BCUT2D eigenvalue weighted by molar-refractivity contribution is 7.92. The van der Waals surface area contributed by atoms with Gasteiger partial charge in [-0.15, -0.1) is 0 Å². The van der Waals surface area contributed by atoms with Crippen molar-refractivity contribution < 1.29 is 45.7 Å². The molecule has 3 aromatic rings. The molecule has 0 unspecified atom stereocenters. The van der Waals surface area contributed by atoms with E-state index >= 15 is 0 Å². The van der Waals surface area contributed by atoms with Gasteiger partial charge in [-0.3, -0.25) is 4.72 Å². The smallest absolute Gasteiger partial charge is 0.387 e. The molecular weight excluding hydrogens is 707 g/mol. The summed E-state index contributed by atoms with van der Waals surface area (Å²) in [5.74, 6) is -0.320. The fourth-order valence-electron chi connectivity index (χ4n) is 4.73. The summed E-state index contributed by atoms with van der Waals surface area (Å²) in [5.41, 5.74) is 0.880. The van der Waals surface area contributed by atoms with Gasteiger partial charge in [-0.25, -0.2) is 13.2 Å². The Bertz CT molecular complexity index is 1730. The zero-order valence-electron chi connectivity index (χ0n) is 26.9. The van der Waals surface area contributed by atoms with Crippen LogP contribution in [-0.2, 0) is 21.2 Å². The number of esters is 1. The topological polar surface area (TPSA) is 130 Å². The van der Waals surface area contributed by atoms with E-state index in [4.69, 9.17) is 37.4 Å². The fraction of sp³-hybridized carbons (Fsp3) is 0.455. The molecule has 0 saturated heterocycles. The Morgan fingerprint density at radius 2 is 1.61 bits per heavy atom. The number of rotatable bonds is 18. The van der Waals surface area contributed by atoms with Crippen molar-refractivity contribution in [2.75, 3.05) is 44.3 Å². The summed E-state index contributed by atoms with van der Waals surface area (Å²) < 4.78 is 77.4. The summed E-state index contributed by atoms with van der Waals surface area (Å²) >= 11 is 12.7. The van der Waals surface area contributed by atoms with Crippen molar-refractivity contribution in [1.29, 1.82) is 0 Å². The van der Waals surface area contributed by atoms with Crippen molar-refractivity contribution in [3.63, 3.8) is 0 Å². The average molecular weight is 745 g/mol. The minimum Gasteiger partial charge on any atom is -0.619 e. The Kier molecular flexibility index (Phi) is 11.9. The van der Waals surface area contributed by atoms with Gasteiger partial charge in [-0.2, -0.15) is 13.5 Å². The van der Waals surface area contributed by atoms with E-state index in [1.807, 2.05) is 0 Å². The third-order valence-corrected chi connectivity index (χ3v) is 9.79. The van der Waals surface area contributed by atoms with Crippen molar-refractivity contribution in [2.24, 2.45) is 11.8 Å². The summed E-state index contributed by atoms with van der Waals surface area (Å²) in [5, 5.41) is 12.0. The predicted molar refractivity (Wildman–Crippen MR) is 179 cm³/mol. The van der Waals surface area contributed by atoms with E-state index in [-0.39, 0.29) is 50.7 Å². The summed E-state index contributed by atoms with van der Waals surface area (Å²) in [4.78, 5) is 15.5. The van der Waals surface area contributed by atoms with E-state index in [0.29, 0.717) is 47.5 Å². The van der Waals surface area contributed by atoms with E-state index in [9.17, 15) is 27.2 Å². The number of aromatic nitrogens is 1. The number of carbonyl (C=O) groups excluding carboxylic acids is 1. The van der Waals surface area contributed by atoms with Gasteiger partial charge >= 0.3 is 12.6 Å². The Morgan fingerprint density at radius 3 is 2.20 bits per heavy atom. The van der Waals surface area contributed by atoms with Crippen molar-refractivity contribution in [3.8, 4) is 17.2 Å². The van der Waals surface area contributed by atoms with E-state index in [0.717, 1.165) is 38.1 Å². The molecule has 2 aliphatic rings. The number of sulfonamides is 1. The number of pyridine rings is 1. The predicted octanol–water partition coefficient (Wildman–Crippen LogP) is 6.25. The molecule has 1 atom stereocenters. The molecule has 266 valence electrons. The SMILES string of the molecule is CN(C)CCS(=O)(=O)Nc1ccc(C(=O)O[C@@H](Cc2c(Cl)c[n+]([O-])cc2Cl)c2ccc(OC(F)F)c(OCC3CC3)c2)cc1OCC1CC1. The molecule has 16 heteroatoms. The molecule has 49 heavy (non-hydrogen) atoms. The van der Waals surface area contributed by atoms with Gasteiger partial charge in [0.2, 0.25) is 10.0 Å². The van der Waals surface area contributed by atoms with Crippen LogP contribution in [0.15, 0.2) is 48.8 Å². The van der Waals surface area contributed by atoms with Crippen LogP contribution in [0.25, 0.3) is 0 Å². The lowest BCUT2D eigenvalue weighted by molar-refractivity contribution is -0.605. The minimum atomic E-state index is -3.74. The molecule has 2 aliphatic carbocycles. The number of nitrogens with one attached hydrogen (secondary N) is 1. The van der Waals surface area contributed by atoms with Crippen LogP contribution < -0.4 is 23.7 Å². The van der Waals surface area contributed by atoms with Crippen molar-refractivity contribution in [2.45, 2.75) is 44.8 Å². The van der Waals surface area contributed by atoms with E-state index in [1.54, 1.807) is 19.0 Å². The Hall–Kier alpha value is -3.59. The number of nitrogens with zero attached hydrogens (tertiary/aromatic N) is 2. The summed E-state index contributed by atoms with van der Waals surface area (Å²) in [7, 11) is -0.208. The lowest BCUT2D eigenvalue weighted by Gasteiger charge is -2.22. The molecule has 0 bridgehead atoms. The monoisotopic (exact) mass is 743 g/mol. The third kappa shape index (κ3) is 10.9. The summed E-state index contributed by atoms with van der Waals surface area (Å²) in [6.07, 6.45) is 4.89. The van der Waals surface area contributed by atoms with Gasteiger partial charge in [0, 0.05) is 18.5 Å². The molecule has 0 amide bonds. The maximum absolute atomic E-state index is 13.7. The Balaban J connectivity index is 1.46. The van der Waals surface area contributed by atoms with E-state index in [1.165, 1.54) is 36.4 Å². The third-order valence-electron chi connectivity index (χ3n) is 7.89. The first kappa shape index (κ1) is 36.7. The zero-order chi connectivity index (χ0) is 35.3. The van der Waals surface area contributed by atoms with Gasteiger partial charge < -0.3 is 29.1 Å². The second kappa shape index (κ2) is 16.0. The molecular formula is C33H37Cl2F2N3O8S. The van der Waals surface area contributed by atoms with Crippen LogP contribution in [-0.4, -0.2) is 65.5 Å². The molecule has 0 radical (unpaired) electrons. The molecule has 2 aromatic carbocycles. The number of hydrogen-bond acceptors (Lipinski definition) is 9. The normalized spacial score (nSPS) is 15.3. The second-order valence-corrected chi connectivity index (χ2v) is 15.1. The van der Waals surface area contributed by atoms with Crippen LogP contribution in [0.4, 0.5) is 14.5 Å². The number of benzene rings is 2. The highest BCUT2D eigenvalue weighted by Crippen LogP contribution is 2.39. The number of halogens is 4. The highest BCUT2D eigenvalue weighted by atomic mass is 35.5. The van der Waals surface area contributed by atoms with Crippen LogP contribution in [0.5, 0.6) is 17.2 Å². The number of ether oxygens (including phenoxy) is 4. The van der Waals surface area contributed by atoms with E-state index in [2.05, 4.69) is 9.46 Å². The summed E-state index contributed by atoms with van der Waals surface area (Å²) in [6.45, 7) is -2.16. The Labute approximate surface area is 293 Å². The van der Waals surface area contributed by atoms with Crippen molar-refractivity contribution in [1.82, 2.24) is 4.90 Å². The maximum Gasteiger partial charge on any atom is 0.387 e. The second-order valence-electron chi connectivity index (χ2n) is 12.4. The number of hydrogen-bond donors (Lipinski definition) is 1. The molecule has 5 rings (SSSR count). The van der Waals surface area contributed by atoms with Crippen molar-refractivity contribution >= 4 is 44.9 Å². The van der Waals surface area contributed by atoms with Gasteiger partial charge in [-0.1, -0.05) is 29.3 Å². The zero-order valence-corrected chi connectivity index (χ0v) is 29.2. The molecule has 2 saturated carbocycles. The van der Waals surface area contributed by atoms with Gasteiger partial charge in [0.25, 0.3) is 0 Å². The minimum absolute atomic E-state index is 0.0214. The van der Waals surface area contributed by atoms with Crippen LogP contribution in [0, 0.1) is 17.0 Å². The van der Waals surface area contributed by atoms with Gasteiger partial charge in [0.15, 0.2) is 23.9 Å². The largest absolute Gasteiger partial charge is 0.619 e. The van der Waals surface area contributed by atoms with E-state index < -0.39 is 28.7 Å². The molecule has 11 nitrogen and oxygen atoms in total. The molecule has 1 heterocycles. The highest BCUT2D eigenvalue weighted by Gasteiger charge is 2.28. The first-order chi connectivity index (χ1) is 23.3. The lowest BCUT2D eigenvalue weighted by atomic mass is 10.0. The van der Waals surface area contributed by atoms with Gasteiger partial charge in [0.05, 0.1) is 30.2 Å².